The van der Waals surface area contributed by atoms with E-state index in [1.54, 1.807) is 24.3 Å². The van der Waals surface area contributed by atoms with E-state index in [1.807, 2.05) is 34.9 Å². The average Bonchev–Trinajstić information content (AvgIpc) is 2.83. The van der Waals surface area contributed by atoms with Crippen molar-refractivity contribution in [1.29, 1.82) is 0 Å². The normalized spacial score (nSPS) is 19.0. The predicted molar refractivity (Wildman–Crippen MR) is 128 cm³/mol. The molecule has 180 valence electrons. The minimum atomic E-state index is -0.841. The van der Waals surface area contributed by atoms with E-state index in [9.17, 15) is 18.8 Å². The van der Waals surface area contributed by atoms with Crippen LogP contribution in [-0.4, -0.2) is 79.4 Å². The van der Waals surface area contributed by atoms with Crippen LogP contribution in [0.25, 0.3) is 0 Å². The maximum atomic E-state index is 14.1. The molecule has 2 N–H and O–H groups in total. The van der Waals surface area contributed by atoms with Gasteiger partial charge in [0.05, 0.1) is 18.7 Å². The highest BCUT2D eigenvalue weighted by molar-refractivity contribution is 5.97. The second kappa shape index (κ2) is 10.6. The fraction of sp³-hybridized carbons (Fsp3) is 0.400. The zero-order valence-corrected chi connectivity index (χ0v) is 19.3. The molecule has 0 radical (unpaired) electrons. The number of benzene rings is 2. The minimum absolute atomic E-state index is 0.105. The van der Waals surface area contributed by atoms with Crippen molar-refractivity contribution in [2.24, 2.45) is 0 Å². The van der Waals surface area contributed by atoms with Gasteiger partial charge in [-0.15, -0.1) is 0 Å². The Labute approximate surface area is 198 Å². The smallest absolute Gasteiger partial charge is 0.243 e. The Kier molecular flexibility index (Phi) is 7.42. The van der Waals surface area contributed by atoms with Crippen LogP contribution in [0.1, 0.15) is 12.0 Å². The van der Waals surface area contributed by atoms with Crippen molar-refractivity contribution in [2.45, 2.75) is 19.4 Å². The number of piperazine rings is 2. The van der Waals surface area contributed by atoms with Gasteiger partial charge in [-0.05, 0) is 31.2 Å². The lowest BCUT2D eigenvalue weighted by atomic mass is 10.1. The summed E-state index contributed by atoms with van der Waals surface area (Å²) >= 11 is 0. The van der Waals surface area contributed by atoms with Crippen LogP contribution < -0.4 is 15.5 Å². The Morgan fingerprint density at radius 1 is 1.03 bits per heavy atom. The number of amides is 3. The third kappa shape index (κ3) is 5.72. The highest BCUT2D eigenvalue weighted by atomic mass is 19.1. The molecule has 2 heterocycles. The van der Waals surface area contributed by atoms with Gasteiger partial charge in [0, 0.05) is 45.0 Å². The highest BCUT2D eigenvalue weighted by Crippen LogP contribution is 2.20. The van der Waals surface area contributed by atoms with Crippen LogP contribution in [-0.2, 0) is 14.4 Å². The van der Waals surface area contributed by atoms with Crippen molar-refractivity contribution in [1.82, 2.24) is 15.1 Å². The molecule has 2 fully saturated rings. The third-order valence-corrected chi connectivity index (χ3v) is 6.29. The van der Waals surface area contributed by atoms with Gasteiger partial charge in [0.25, 0.3) is 0 Å². The first-order valence-corrected chi connectivity index (χ1v) is 11.6. The molecule has 0 aromatic heterocycles. The van der Waals surface area contributed by atoms with Crippen molar-refractivity contribution < 1.29 is 18.8 Å². The Hall–Kier alpha value is -3.46. The topological polar surface area (TPSA) is 85.0 Å². The van der Waals surface area contributed by atoms with Crippen molar-refractivity contribution in [3.63, 3.8) is 0 Å². The number of carbonyl (C=O) groups is 3. The fourth-order valence-electron chi connectivity index (χ4n) is 4.38. The zero-order valence-electron chi connectivity index (χ0n) is 19.3. The molecule has 2 aromatic rings. The quantitative estimate of drug-likeness (QED) is 0.675. The van der Waals surface area contributed by atoms with Crippen LogP contribution in [0.15, 0.2) is 48.5 Å². The van der Waals surface area contributed by atoms with Gasteiger partial charge in [-0.3, -0.25) is 19.3 Å². The maximum absolute atomic E-state index is 14.1. The molecule has 3 amide bonds. The Balaban J connectivity index is 1.32. The van der Waals surface area contributed by atoms with Gasteiger partial charge in [0.15, 0.2) is 0 Å². The number of hydrogen-bond acceptors (Lipinski definition) is 5. The number of anilines is 2. The molecule has 0 aliphatic carbocycles. The Bertz CT molecular complexity index is 1040. The van der Waals surface area contributed by atoms with Crippen LogP contribution >= 0.6 is 0 Å². The highest BCUT2D eigenvalue weighted by Gasteiger charge is 2.35. The standard InChI is InChI=1S/C25H30FN5O3/c1-18-6-8-19(9-7-18)28-23(32)16-22-25(34)27-10-11-31(22)24(33)17-29-12-14-30(15-13-29)21-5-3-2-4-20(21)26/h2-9,22H,10-17H2,1H3,(H,27,34)(H,28,32)/t22-/m0/s1. The largest absolute Gasteiger partial charge is 0.367 e. The van der Waals surface area contributed by atoms with Gasteiger partial charge < -0.3 is 20.4 Å². The molecule has 4 rings (SSSR count). The van der Waals surface area contributed by atoms with E-state index < -0.39 is 6.04 Å². The van der Waals surface area contributed by atoms with E-state index >= 15 is 0 Å². The van der Waals surface area contributed by atoms with Crippen LogP contribution in [0.4, 0.5) is 15.8 Å². The predicted octanol–water partition coefficient (Wildman–Crippen LogP) is 1.61. The van der Waals surface area contributed by atoms with Crippen molar-refractivity contribution in [3.8, 4) is 0 Å². The van der Waals surface area contributed by atoms with Crippen LogP contribution in [0, 0.1) is 12.7 Å². The maximum Gasteiger partial charge on any atom is 0.243 e. The summed E-state index contributed by atoms with van der Waals surface area (Å²) in [6.07, 6.45) is -0.105. The lowest BCUT2D eigenvalue weighted by molar-refractivity contribution is -0.145. The molecule has 0 spiro atoms. The van der Waals surface area contributed by atoms with E-state index in [1.165, 1.54) is 11.0 Å². The van der Waals surface area contributed by atoms with Gasteiger partial charge in [-0.1, -0.05) is 29.8 Å². The molecule has 0 unspecified atom stereocenters. The van der Waals surface area contributed by atoms with E-state index in [-0.39, 0.29) is 36.5 Å². The number of nitrogens with one attached hydrogen (secondary N) is 2. The lowest BCUT2D eigenvalue weighted by Crippen LogP contribution is -2.60. The zero-order chi connectivity index (χ0) is 24.1. The summed E-state index contributed by atoms with van der Waals surface area (Å²) in [7, 11) is 0. The first kappa shape index (κ1) is 23.7. The first-order chi connectivity index (χ1) is 16.4. The van der Waals surface area contributed by atoms with Crippen LogP contribution in [0.3, 0.4) is 0 Å². The number of hydrogen-bond donors (Lipinski definition) is 2. The average molecular weight is 468 g/mol. The van der Waals surface area contributed by atoms with Crippen molar-refractivity contribution in [3.05, 3.63) is 59.9 Å². The van der Waals surface area contributed by atoms with Crippen LogP contribution in [0.5, 0.6) is 0 Å². The SMILES string of the molecule is Cc1ccc(NC(=O)C[C@H]2C(=O)NCCN2C(=O)CN2CCN(c3ccccc3F)CC2)cc1. The Morgan fingerprint density at radius 2 is 1.74 bits per heavy atom. The molecule has 2 aliphatic heterocycles. The van der Waals surface area contributed by atoms with Gasteiger partial charge in [0.2, 0.25) is 17.7 Å². The summed E-state index contributed by atoms with van der Waals surface area (Å²) in [4.78, 5) is 43.7. The van der Waals surface area contributed by atoms with Crippen molar-refractivity contribution >= 4 is 29.1 Å². The molecular weight excluding hydrogens is 437 g/mol. The molecule has 34 heavy (non-hydrogen) atoms. The lowest BCUT2D eigenvalue weighted by Gasteiger charge is -2.39. The molecule has 0 bridgehead atoms. The van der Waals surface area contributed by atoms with Gasteiger partial charge in [-0.25, -0.2) is 4.39 Å². The number of rotatable bonds is 6. The van der Waals surface area contributed by atoms with Gasteiger partial charge >= 0.3 is 0 Å². The van der Waals surface area contributed by atoms with E-state index in [2.05, 4.69) is 10.6 Å². The number of para-hydroxylation sites is 1. The monoisotopic (exact) mass is 467 g/mol. The van der Waals surface area contributed by atoms with E-state index in [0.717, 1.165) is 5.56 Å². The number of aryl methyl sites for hydroxylation is 1. The van der Waals surface area contributed by atoms with Crippen molar-refractivity contribution in [2.75, 3.05) is 56.0 Å². The molecule has 8 nitrogen and oxygen atoms in total. The molecular formula is C25H30FN5O3. The summed E-state index contributed by atoms with van der Waals surface area (Å²) in [6.45, 7) is 5.28. The van der Waals surface area contributed by atoms with Gasteiger partial charge in [0.1, 0.15) is 11.9 Å². The summed E-state index contributed by atoms with van der Waals surface area (Å²) in [5.74, 6) is -1.06. The molecule has 9 heteroatoms. The molecule has 0 saturated carbocycles. The second-order valence-electron chi connectivity index (χ2n) is 8.73. The molecule has 2 saturated heterocycles. The number of nitrogens with zero attached hydrogens (tertiary/aromatic N) is 3. The Morgan fingerprint density at radius 3 is 2.44 bits per heavy atom. The van der Waals surface area contributed by atoms with E-state index in [4.69, 9.17) is 0 Å². The first-order valence-electron chi connectivity index (χ1n) is 11.6. The summed E-state index contributed by atoms with van der Waals surface area (Å²) in [6, 6.07) is 13.2. The minimum Gasteiger partial charge on any atom is -0.367 e. The molecule has 2 aliphatic rings. The second-order valence-corrected chi connectivity index (χ2v) is 8.73. The summed E-state index contributed by atoms with van der Waals surface area (Å²) in [5, 5.41) is 5.56. The van der Waals surface area contributed by atoms with E-state index in [0.29, 0.717) is 50.6 Å². The number of halogens is 1. The fourth-order valence-corrected chi connectivity index (χ4v) is 4.38. The van der Waals surface area contributed by atoms with Gasteiger partial charge in [-0.2, -0.15) is 0 Å². The molecule has 2 aromatic carbocycles. The summed E-state index contributed by atoms with van der Waals surface area (Å²) < 4.78 is 14.1. The summed E-state index contributed by atoms with van der Waals surface area (Å²) in [5.41, 5.74) is 2.30. The third-order valence-electron chi connectivity index (χ3n) is 6.29. The number of carbonyl (C=O) groups excluding carboxylic acids is 3. The van der Waals surface area contributed by atoms with Crippen LogP contribution in [0.2, 0.25) is 0 Å². The molecule has 1 atom stereocenters.